The highest BCUT2D eigenvalue weighted by Crippen LogP contribution is 2.32. The summed E-state index contributed by atoms with van der Waals surface area (Å²) >= 11 is 0. The molecule has 110 valence electrons. The highest BCUT2D eigenvalue weighted by atomic mass is 16.4. The molecule has 1 saturated heterocycles. The summed E-state index contributed by atoms with van der Waals surface area (Å²) in [5.74, 6) is 0.864. The molecule has 1 aliphatic heterocycles. The van der Waals surface area contributed by atoms with Gasteiger partial charge in [0.15, 0.2) is 5.84 Å². The van der Waals surface area contributed by atoms with Crippen molar-refractivity contribution >= 4 is 22.4 Å². The van der Waals surface area contributed by atoms with Crippen molar-refractivity contribution in [3.63, 3.8) is 0 Å². The predicted molar refractivity (Wildman–Crippen MR) is 84.9 cm³/mol. The second kappa shape index (κ2) is 5.60. The molecule has 0 spiro atoms. The predicted octanol–water partition coefficient (Wildman–Crippen LogP) is 2.57. The van der Waals surface area contributed by atoms with Crippen molar-refractivity contribution in [3.05, 3.63) is 36.0 Å². The molecule has 0 bridgehead atoms. The zero-order valence-corrected chi connectivity index (χ0v) is 12.2. The van der Waals surface area contributed by atoms with Gasteiger partial charge in [-0.2, -0.15) is 0 Å². The van der Waals surface area contributed by atoms with Gasteiger partial charge in [-0.1, -0.05) is 30.3 Å². The molecular weight excluding hydrogens is 264 g/mol. The van der Waals surface area contributed by atoms with E-state index in [1.54, 1.807) is 6.20 Å². The molecule has 0 atom stereocenters. The summed E-state index contributed by atoms with van der Waals surface area (Å²) in [7, 11) is 0. The van der Waals surface area contributed by atoms with Crippen molar-refractivity contribution in [2.24, 2.45) is 16.8 Å². The molecule has 1 aliphatic rings. The Balaban J connectivity index is 2.16. The molecule has 0 saturated carbocycles. The Hall–Kier alpha value is -2.30. The number of benzene rings is 1. The van der Waals surface area contributed by atoms with E-state index in [-0.39, 0.29) is 5.84 Å². The average Bonchev–Trinajstić information content (AvgIpc) is 2.54. The number of hydrogen-bond acceptors (Lipinski definition) is 4. The van der Waals surface area contributed by atoms with Crippen LogP contribution in [0.15, 0.2) is 35.6 Å². The number of fused-ring (bicyclic) bond motifs is 1. The first kappa shape index (κ1) is 13.7. The number of piperidine rings is 1. The molecule has 5 heteroatoms. The van der Waals surface area contributed by atoms with E-state index in [0.717, 1.165) is 48.4 Å². The number of oxime groups is 1. The molecule has 1 aromatic heterocycles. The fourth-order valence-electron chi connectivity index (χ4n) is 2.94. The van der Waals surface area contributed by atoms with Crippen molar-refractivity contribution in [2.45, 2.75) is 19.8 Å². The van der Waals surface area contributed by atoms with Gasteiger partial charge in [0.25, 0.3) is 0 Å². The molecule has 0 radical (unpaired) electrons. The Morgan fingerprint density at radius 2 is 2.05 bits per heavy atom. The zero-order chi connectivity index (χ0) is 14.8. The lowest BCUT2D eigenvalue weighted by Crippen LogP contribution is -2.34. The fraction of sp³-hybridized carbons (Fsp3) is 0.375. The summed E-state index contributed by atoms with van der Waals surface area (Å²) < 4.78 is 0. The molecule has 0 amide bonds. The van der Waals surface area contributed by atoms with Crippen molar-refractivity contribution in [3.8, 4) is 0 Å². The van der Waals surface area contributed by atoms with Crippen LogP contribution in [0.25, 0.3) is 10.9 Å². The van der Waals surface area contributed by atoms with Crippen LogP contribution in [0, 0.1) is 5.92 Å². The van der Waals surface area contributed by atoms with Crippen LogP contribution in [0.5, 0.6) is 0 Å². The fourth-order valence-corrected chi connectivity index (χ4v) is 2.94. The SMILES string of the molecule is CC1CCN(c2c(/C(N)=N/O)cnc3ccccc23)CC1. The third-order valence-corrected chi connectivity index (χ3v) is 4.23. The number of anilines is 1. The van der Waals surface area contributed by atoms with Gasteiger partial charge < -0.3 is 15.8 Å². The standard InChI is InChI=1S/C16H20N4O/c1-11-6-8-20(9-7-11)15-12-4-2-3-5-14(12)18-10-13(15)16(17)19-21/h2-5,10-11,21H,6-9H2,1H3,(H2,17,19). The van der Waals surface area contributed by atoms with Gasteiger partial charge in [-0.05, 0) is 24.8 Å². The maximum atomic E-state index is 9.04. The van der Waals surface area contributed by atoms with E-state index < -0.39 is 0 Å². The summed E-state index contributed by atoms with van der Waals surface area (Å²) in [6.07, 6.45) is 4.02. The van der Waals surface area contributed by atoms with Crippen LogP contribution in [0.3, 0.4) is 0 Å². The molecule has 21 heavy (non-hydrogen) atoms. The Kier molecular flexibility index (Phi) is 3.64. The number of aromatic nitrogens is 1. The van der Waals surface area contributed by atoms with E-state index in [2.05, 4.69) is 22.0 Å². The number of hydrogen-bond donors (Lipinski definition) is 2. The molecule has 2 heterocycles. The van der Waals surface area contributed by atoms with Gasteiger partial charge in [0, 0.05) is 24.7 Å². The topological polar surface area (TPSA) is 74.7 Å². The second-order valence-electron chi connectivity index (χ2n) is 5.69. The molecular formula is C16H20N4O. The number of para-hydroxylation sites is 1. The van der Waals surface area contributed by atoms with Gasteiger partial charge in [-0.25, -0.2) is 0 Å². The minimum atomic E-state index is 0.113. The number of nitrogens with two attached hydrogens (primary N) is 1. The van der Waals surface area contributed by atoms with Gasteiger partial charge >= 0.3 is 0 Å². The Morgan fingerprint density at radius 1 is 1.33 bits per heavy atom. The minimum Gasteiger partial charge on any atom is -0.409 e. The monoisotopic (exact) mass is 284 g/mol. The molecule has 2 aromatic rings. The van der Waals surface area contributed by atoms with Crippen molar-refractivity contribution in [1.29, 1.82) is 0 Å². The summed E-state index contributed by atoms with van der Waals surface area (Å²) in [6.45, 7) is 4.26. The number of nitrogens with zero attached hydrogens (tertiary/aromatic N) is 3. The largest absolute Gasteiger partial charge is 0.409 e. The lowest BCUT2D eigenvalue weighted by Gasteiger charge is -2.34. The van der Waals surface area contributed by atoms with E-state index in [1.807, 2.05) is 24.3 Å². The maximum absolute atomic E-state index is 9.04. The summed E-state index contributed by atoms with van der Waals surface area (Å²) in [6, 6.07) is 8.00. The van der Waals surface area contributed by atoms with E-state index in [1.165, 1.54) is 0 Å². The third-order valence-electron chi connectivity index (χ3n) is 4.23. The highest BCUT2D eigenvalue weighted by molar-refractivity contribution is 6.08. The van der Waals surface area contributed by atoms with Crippen LogP contribution < -0.4 is 10.6 Å². The van der Waals surface area contributed by atoms with E-state index in [0.29, 0.717) is 5.56 Å². The molecule has 3 N–H and O–H groups in total. The normalized spacial score (nSPS) is 17.4. The van der Waals surface area contributed by atoms with Crippen LogP contribution in [-0.4, -0.2) is 29.1 Å². The molecule has 3 rings (SSSR count). The van der Waals surface area contributed by atoms with Crippen molar-refractivity contribution in [2.75, 3.05) is 18.0 Å². The van der Waals surface area contributed by atoms with Gasteiger partial charge in [0.2, 0.25) is 0 Å². The van der Waals surface area contributed by atoms with Crippen molar-refractivity contribution < 1.29 is 5.21 Å². The number of amidine groups is 1. The van der Waals surface area contributed by atoms with Crippen LogP contribution >= 0.6 is 0 Å². The minimum absolute atomic E-state index is 0.113. The number of pyridine rings is 1. The van der Waals surface area contributed by atoms with Gasteiger partial charge in [0.1, 0.15) is 0 Å². The molecule has 0 aliphatic carbocycles. The molecule has 0 unspecified atom stereocenters. The summed E-state index contributed by atoms with van der Waals surface area (Å²) in [5, 5.41) is 13.3. The lowest BCUT2D eigenvalue weighted by atomic mass is 9.97. The maximum Gasteiger partial charge on any atom is 0.173 e. The van der Waals surface area contributed by atoms with Gasteiger partial charge in [0.05, 0.1) is 16.8 Å². The first-order valence-corrected chi connectivity index (χ1v) is 7.31. The third kappa shape index (κ3) is 2.51. The smallest absolute Gasteiger partial charge is 0.173 e. The van der Waals surface area contributed by atoms with E-state index in [4.69, 9.17) is 10.9 Å². The Bertz CT molecular complexity index is 675. The highest BCUT2D eigenvalue weighted by Gasteiger charge is 2.22. The molecule has 1 fully saturated rings. The molecule has 5 nitrogen and oxygen atoms in total. The van der Waals surface area contributed by atoms with Crippen LogP contribution in [0.2, 0.25) is 0 Å². The summed E-state index contributed by atoms with van der Waals surface area (Å²) in [5.41, 5.74) is 8.51. The Labute approximate surface area is 124 Å². The van der Waals surface area contributed by atoms with Crippen molar-refractivity contribution in [1.82, 2.24) is 4.98 Å². The van der Waals surface area contributed by atoms with E-state index in [9.17, 15) is 0 Å². The van der Waals surface area contributed by atoms with E-state index >= 15 is 0 Å². The van der Waals surface area contributed by atoms with Crippen LogP contribution in [0.4, 0.5) is 5.69 Å². The molecule has 1 aromatic carbocycles. The quantitative estimate of drug-likeness (QED) is 0.385. The Morgan fingerprint density at radius 3 is 2.76 bits per heavy atom. The lowest BCUT2D eigenvalue weighted by molar-refractivity contribution is 0.318. The average molecular weight is 284 g/mol. The first-order valence-electron chi connectivity index (χ1n) is 7.31. The van der Waals surface area contributed by atoms with Gasteiger partial charge in [-0.3, -0.25) is 4.98 Å². The van der Waals surface area contributed by atoms with Crippen LogP contribution in [0.1, 0.15) is 25.3 Å². The zero-order valence-electron chi connectivity index (χ0n) is 12.2. The van der Waals surface area contributed by atoms with Gasteiger partial charge in [-0.15, -0.1) is 0 Å². The second-order valence-corrected chi connectivity index (χ2v) is 5.69. The summed E-state index contributed by atoms with van der Waals surface area (Å²) in [4.78, 5) is 6.75. The van der Waals surface area contributed by atoms with Crippen LogP contribution in [-0.2, 0) is 0 Å². The number of rotatable bonds is 2. The first-order chi connectivity index (χ1) is 10.2.